The van der Waals surface area contributed by atoms with Crippen LogP contribution in [0, 0.1) is 0 Å². The summed E-state index contributed by atoms with van der Waals surface area (Å²) in [6.07, 6.45) is 0.594. The second-order valence-electron chi connectivity index (χ2n) is 4.92. The van der Waals surface area contributed by atoms with Crippen LogP contribution >= 0.6 is 0 Å². The Kier molecular flexibility index (Phi) is 2.81. The van der Waals surface area contributed by atoms with E-state index in [1.807, 2.05) is 24.3 Å². The molecule has 6 nitrogen and oxygen atoms in total. The molecule has 3 heterocycles. The lowest BCUT2D eigenvalue weighted by atomic mass is 10.1. The standard InChI is InChI=1S/C14H14N2O4/c1-2-4-11-10(3-1)18-8-12(19-11)13-15-14(20-16-13)9-5-6-17-7-9/h1-4,9,12H,5-8H2/t9-,12+/m0/s1. The van der Waals surface area contributed by atoms with Crippen molar-refractivity contribution in [3.05, 3.63) is 36.0 Å². The van der Waals surface area contributed by atoms with Crippen LogP contribution in [0.15, 0.2) is 28.8 Å². The molecule has 0 amide bonds. The Morgan fingerprint density at radius 2 is 2.00 bits per heavy atom. The minimum absolute atomic E-state index is 0.202. The fraction of sp³-hybridized carbons (Fsp3) is 0.429. The SMILES string of the molecule is c1ccc2c(c1)OC[C@H](c1noc([C@H]3CCOC3)n1)O2. The second-order valence-corrected chi connectivity index (χ2v) is 4.92. The molecule has 6 heteroatoms. The summed E-state index contributed by atoms with van der Waals surface area (Å²) in [6.45, 7) is 1.78. The highest BCUT2D eigenvalue weighted by Gasteiger charge is 2.29. The highest BCUT2D eigenvalue weighted by molar-refractivity contribution is 5.40. The van der Waals surface area contributed by atoms with Crippen LogP contribution in [0.1, 0.15) is 30.2 Å². The first-order valence-electron chi connectivity index (χ1n) is 6.70. The van der Waals surface area contributed by atoms with E-state index in [1.54, 1.807) is 0 Å². The number of aromatic nitrogens is 2. The fourth-order valence-electron chi connectivity index (χ4n) is 2.42. The van der Waals surface area contributed by atoms with Crippen molar-refractivity contribution in [3.8, 4) is 11.5 Å². The van der Waals surface area contributed by atoms with Crippen LogP contribution in [0.2, 0.25) is 0 Å². The molecular weight excluding hydrogens is 260 g/mol. The fourth-order valence-corrected chi connectivity index (χ4v) is 2.42. The van der Waals surface area contributed by atoms with Crippen molar-refractivity contribution >= 4 is 0 Å². The van der Waals surface area contributed by atoms with E-state index in [0.29, 0.717) is 30.7 Å². The molecule has 4 rings (SSSR count). The molecule has 0 aliphatic carbocycles. The zero-order valence-electron chi connectivity index (χ0n) is 10.8. The Balaban J connectivity index is 1.54. The number of rotatable bonds is 2. The molecule has 0 bridgehead atoms. The number of para-hydroxylation sites is 2. The minimum atomic E-state index is -0.329. The molecule has 0 radical (unpaired) electrons. The third-order valence-electron chi connectivity index (χ3n) is 3.53. The molecule has 104 valence electrons. The Hall–Kier alpha value is -2.08. The van der Waals surface area contributed by atoms with Gasteiger partial charge in [0.1, 0.15) is 6.61 Å². The zero-order valence-corrected chi connectivity index (χ0v) is 10.8. The summed E-state index contributed by atoms with van der Waals surface area (Å²) in [4.78, 5) is 4.43. The van der Waals surface area contributed by atoms with Gasteiger partial charge in [0.25, 0.3) is 0 Å². The average Bonchev–Trinajstić information content (AvgIpc) is 3.17. The number of benzene rings is 1. The van der Waals surface area contributed by atoms with Crippen LogP contribution in [0.3, 0.4) is 0 Å². The van der Waals surface area contributed by atoms with E-state index in [4.69, 9.17) is 18.7 Å². The summed E-state index contributed by atoms with van der Waals surface area (Å²) in [7, 11) is 0. The molecule has 2 aliphatic rings. The zero-order chi connectivity index (χ0) is 13.4. The van der Waals surface area contributed by atoms with Crippen molar-refractivity contribution in [1.82, 2.24) is 10.1 Å². The summed E-state index contributed by atoms with van der Waals surface area (Å²) in [5, 5.41) is 4.01. The van der Waals surface area contributed by atoms with Gasteiger partial charge in [-0.3, -0.25) is 0 Å². The Morgan fingerprint density at radius 3 is 2.85 bits per heavy atom. The number of fused-ring (bicyclic) bond motifs is 1. The van der Waals surface area contributed by atoms with E-state index in [1.165, 1.54) is 0 Å². The van der Waals surface area contributed by atoms with E-state index in [9.17, 15) is 0 Å². The van der Waals surface area contributed by atoms with E-state index in [0.717, 1.165) is 18.8 Å². The van der Waals surface area contributed by atoms with Gasteiger partial charge in [0, 0.05) is 6.61 Å². The quantitative estimate of drug-likeness (QED) is 0.835. The van der Waals surface area contributed by atoms with Gasteiger partial charge >= 0.3 is 0 Å². The normalized spacial score (nSPS) is 24.8. The van der Waals surface area contributed by atoms with Crippen molar-refractivity contribution in [2.45, 2.75) is 18.4 Å². The maximum atomic E-state index is 5.85. The van der Waals surface area contributed by atoms with Crippen molar-refractivity contribution in [3.63, 3.8) is 0 Å². The van der Waals surface area contributed by atoms with Crippen molar-refractivity contribution in [2.75, 3.05) is 19.8 Å². The van der Waals surface area contributed by atoms with Crippen molar-refractivity contribution < 1.29 is 18.7 Å². The molecule has 0 unspecified atom stereocenters. The van der Waals surface area contributed by atoms with Gasteiger partial charge in [-0.15, -0.1) is 0 Å². The van der Waals surface area contributed by atoms with Crippen LogP contribution in [0.25, 0.3) is 0 Å². The topological polar surface area (TPSA) is 66.6 Å². The molecule has 1 saturated heterocycles. The smallest absolute Gasteiger partial charge is 0.232 e. The lowest BCUT2D eigenvalue weighted by Gasteiger charge is -2.24. The van der Waals surface area contributed by atoms with Gasteiger partial charge in [-0.2, -0.15) is 4.98 Å². The van der Waals surface area contributed by atoms with Gasteiger partial charge in [0.05, 0.1) is 12.5 Å². The highest BCUT2D eigenvalue weighted by atomic mass is 16.6. The van der Waals surface area contributed by atoms with E-state index >= 15 is 0 Å². The maximum absolute atomic E-state index is 5.85. The first-order chi connectivity index (χ1) is 9.90. The molecule has 0 saturated carbocycles. The van der Waals surface area contributed by atoms with Crippen molar-refractivity contribution in [2.24, 2.45) is 0 Å². The third kappa shape index (κ3) is 2.02. The molecule has 1 fully saturated rings. The lowest BCUT2D eigenvalue weighted by molar-refractivity contribution is 0.0832. The number of ether oxygens (including phenoxy) is 3. The summed E-state index contributed by atoms with van der Waals surface area (Å²) in [6, 6.07) is 7.56. The first-order valence-corrected chi connectivity index (χ1v) is 6.70. The maximum Gasteiger partial charge on any atom is 0.232 e. The predicted molar refractivity (Wildman–Crippen MR) is 67.8 cm³/mol. The molecule has 2 aromatic rings. The Morgan fingerprint density at radius 1 is 1.10 bits per heavy atom. The van der Waals surface area contributed by atoms with Gasteiger partial charge in [-0.05, 0) is 18.6 Å². The molecule has 1 aromatic heterocycles. The molecule has 20 heavy (non-hydrogen) atoms. The van der Waals surface area contributed by atoms with Crippen LogP contribution in [-0.2, 0) is 4.74 Å². The number of hydrogen-bond donors (Lipinski definition) is 0. The van der Waals surface area contributed by atoms with Crippen LogP contribution in [0.5, 0.6) is 11.5 Å². The summed E-state index contributed by atoms with van der Waals surface area (Å²) >= 11 is 0. The Bertz CT molecular complexity index is 607. The minimum Gasteiger partial charge on any atom is -0.485 e. The third-order valence-corrected chi connectivity index (χ3v) is 3.53. The predicted octanol–water partition coefficient (Wildman–Crippen LogP) is 2.09. The average molecular weight is 274 g/mol. The Labute approximate surface area is 115 Å². The van der Waals surface area contributed by atoms with E-state index in [2.05, 4.69) is 10.1 Å². The summed E-state index contributed by atoms with van der Waals surface area (Å²) in [5.41, 5.74) is 0. The first kappa shape index (κ1) is 11.7. The molecular formula is C14H14N2O4. The lowest BCUT2D eigenvalue weighted by Crippen LogP contribution is -2.22. The molecule has 2 atom stereocenters. The van der Waals surface area contributed by atoms with Crippen LogP contribution in [0.4, 0.5) is 0 Å². The summed E-state index contributed by atoms with van der Waals surface area (Å²) in [5.74, 6) is 2.81. The summed E-state index contributed by atoms with van der Waals surface area (Å²) < 4.78 is 22.1. The number of hydrogen-bond acceptors (Lipinski definition) is 6. The van der Waals surface area contributed by atoms with Gasteiger partial charge in [0.15, 0.2) is 17.6 Å². The highest BCUT2D eigenvalue weighted by Crippen LogP contribution is 2.35. The molecule has 0 spiro atoms. The largest absolute Gasteiger partial charge is 0.485 e. The van der Waals surface area contributed by atoms with Gasteiger partial charge in [-0.1, -0.05) is 17.3 Å². The molecule has 2 aliphatic heterocycles. The van der Waals surface area contributed by atoms with Gasteiger partial charge < -0.3 is 18.7 Å². The van der Waals surface area contributed by atoms with Gasteiger partial charge in [-0.25, -0.2) is 0 Å². The van der Waals surface area contributed by atoms with E-state index < -0.39 is 0 Å². The van der Waals surface area contributed by atoms with Crippen LogP contribution < -0.4 is 9.47 Å². The molecule has 0 N–H and O–H groups in total. The monoisotopic (exact) mass is 274 g/mol. The van der Waals surface area contributed by atoms with Crippen LogP contribution in [-0.4, -0.2) is 30.0 Å². The van der Waals surface area contributed by atoms with Crippen molar-refractivity contribution in [1.29, 1.82) is 0 Å². The second kappa shape index (κ2) is 4.79. The van der Waals surface area contributed by atoms with Gasteiger partial charge in [0.2, 0.25) is 11.7 Å². The van der Waals surface area contributed by atoms with E-state index in [-0.39, 0.29) is 12.0 Å². The molecule has 1 aromatic carbocycles. The number of nitrogens with zero attached hydrogens (tertiary/aromatic N) is 2.